The van der Waals surface area contributed by atoms with Gasteiger partial charge in [-0.2, -0.15) is 15.1 Å². The lowest BCUT2D eigenvalue weighted by Gasteiger charge is -2.20. The Hall–Kier alpha value is -4.14. The van der Waals surface area contributed by atoms with Crippen LogP contribution in [0.5, 0.6) is 5.75 Å². The van der Waals surface area contributed by atoms with Crippen molar-refractivity contribution in [3.05, 3.63) is 106 Å². The Bertz CT molecular complexity index is 1720. The molecule has 7 nitrogen and oxygen atoms in total. The van der Waals surface area contributed by atoms with Gasteiger partial charge in [0.05, 0.1) is 12.1 Å². The van der Waals surface area contributed by atoms with Crippen LogP contribution in [0.25, 0.3) is 17.0 Å². The molecule has 3 heterocycles. The molecule has 9 heteroatoms. The largest absolute Gasteiger partial charge is 0.492 e. The molecule has 0 saturated carbocycles. The Balaban J connectivity index is 1.31. The number of carbonyl (C=O) groups excluding carboxylic acids is 1. The molecule has 39 heavy (non-hydrogen) atoms. The molecule has 0 aliphatic carbocycles. The highest BCUT2D eigenvalue weighted by Gasteiger charge is 2.36. The van der Waals surface area contributed by atoms with E-state index < -0.39 is 5.91 Å². The second-order valence-corrected chi connectivity index (χ2v) is 10.7. The minimum absolute atomic E-state index is 0.0157. The molecule has 0 unspecified atom stereocenters. The Kier molecular flexibility index (Phi) is 6.58. The zero-order valence-electron chi connectivity index (χ0n) is 21.3. The molecule has 1 N–H and O–H groups in total. The number of amidine groups is 2. The molecule has 2 aliphatic rings. The number of hydrazone groups is 1. The minimum Gasteiger partial charge on any atom is -0.492 e. The number of nitrogens with zero attached hydrogens (tertiary/aromatic N) is 4. The molecule has 2 aliphatic heterocycles. The summed E-state index contributed by atoms with van der Waals surface area (Å²) < 4.78 is 8.11. The molecule has 3 aromatic carbocycles. The summed E-state index contributed by atoms with van der Waals surface area (Å²) in [6.07, 6.45) is 1.77. The quantitative estimate of drug-likeness (QED) is 0.271. The van der Waals surface area contributed by atoms with Gasteiger partial charge in [0.2, 0.25) is 5.17 Å². The number of rotatable bonds is 6. The van der Waals surface area contributed by atoms with Crippen LogP contribution in [0, 0.1) is 19.3 Å². The highest BCUT2D eigenvalue weighted by atomic mass is 35.5. The fourth-order valence-electron chi connectivity index (χ4n) is 4.66. The number of carbonyl (C=O) groups is 1. The number of aliphatic imine (C=N–C) groups is 1. The van der Waals surface area contributed by atoms with E-state index in [2.05, 4.69) is 14.7 Å². The van der Waals surface area contributed by atoms with Crippen molar-refractivity contribution < 1.29 is 9.53 Å². The Morgan fingerprint density at radius 2 is 1.77 bits per heavy atom. The van der Waals surface area contributed by atoms with E-state index in [-0.39, 0.29) is 11.4 Å². The zero-order chi connectivity index (χ0) is 27.1. The maximum Gasteiger partial charge on any atom is 0.283 e. The normalized spacial score (nSPS) is 16.1. The summed E-state index contributed by atoms with van der Waals surface area (Å²) in [4.78, 5) is 17.4. The highest BCUT2D eigenvalue weighted by molar-refractivity contribution is 8.27. The standard InChI is InChI=1S/C30H24ClN5O2S/c1-18-7-9-20(10-8-18)29-34-36-27(32)25(28(37)33-30(36)39-29)17-24-19(2)35(26-6-4-3-5-23(24)26)15-16-38-22-13-11-21(31)12-14-22/h3-14,17,32H,15-16H2,1-2H3/b25-17-,32-27?. The molecule has 0 atom stereocenters. The lowest BCUT2D eigenvalue weighted by Crippen LogP contribution is -2.35. The van der Waals surface area contributed by atoms with Crippen LogP contribution in [-0.2, 0) is 11.3 Å². The van der Waals surface area contributed by atoms with Crippen molar-refractivity contribution in [3.63, 3.8) is 0 Å². The van der Waals surface area contributed by atoms with Gasteiger partial charge in [0.25, 0.3) is 5.91 Å². The van der Waals surface area contributed by atoms with Crippen LogP contribution < -0.4 is 4.74 Å². The van der Waals surface area contributed by atoms with Crippen molar-refractivity contribution in [2.24, 2.45) is 10.1 Å². The first kappa shape index (κ1) is 25.2. The van der Waals surface area contributed by atoms with Gasteiger partial charge in [0, 0.05) is 32.7 Å². The van der Waals surface area contributed by atoms with Crippen molar-refractivity contribution >= 4 is 62.3 Å². The van der Waals surface area contributed by atoms with Crippen molar-refractivity contribution in [2.45, 2.75) is 20.4 Å². The van der Waals surface area contributed by atoms with Gasteiger partial charge in [0.1, 0.15) is 17.4 Å². The number of aromatic nitrogens is 1. The maximum atomic E-state index is 13.1. The first-order valence-electron chi connectivity index (χ1n) is 12.4. The van der Waals surface area contributed by atoms with Gasteiger partial charge in [-0.25, -0.2) is 0 Å². The van der Waals surface area contributed by atoms with Crippen LogP contribution in [0.1, 0.15) is 22.4 Å². The van der Waals surface area contributed by atoms with Gasteiger partial charge in [-0.05, 0) is 62.0 Å². The van der Waals surface area contributed by atoms with E-state index in [9.17, 15) is 4.79 Å². The molecular weight excluding hydrogens is 530 g/mol. The van der Waals surface area contributed by atoms with Gasteiger partial charge < -0.3 is 9.30 Å². The topological polar surface area (TPSA) is 83.0 Å². The average molecular weight is 554 g/mol. The summed E-state index contributed by atoms with van der Waals surface area (Å²) >= 11 is 7.28. The molecule has 1 aromatic heterocycles. The average Bonchev–Trinajstić information content (AvgIpc) is 3.47. The van der Waals surface area contributed by atoms with E-state index in [4.69, 9.17) is 21.7 Å². The van der Waals surface area contributed by atoms with Crippen LogP contribution in [0.3, 0.4) is 0 Å². The monoisotopic (exact) mass is 553 g/mol. The van der Waals surface area contributed by atoms with Gasteiger partial charge in [-0.15, -0.1) is 0 Å². The third-order valence-electron chi connectivity index (χ3n) is 6.72. The van der Waals surface area contributed by atoms with Crippen LogP contribution in [0.4, 0.5) is 0 Å². The van der Waals surface area contributed by atoms with Gasteiger partial charge in [-0.3, -0.25) is 10.2 Å². The van der Waals surface area contributed by atoms with Crippen molar-refractivity contribution in [1.82, 2.24) is 9.58 Å². The number of nitrogens with one attached hydrogen (secondary N) is 1. The third-order valence-corrected chi connectivity index (χ3v) is 7.93. The molecule has 0 spiro atoms. The Morgan fingerprint density at radius 1 is 1.03 bits per heavy atom. The lowest BCUT2D eigenvalue weighted by atomic mass is 10.1. The molecule has 0 bridgehead atoms. The second-order valence-electron chi connectivity index (χ2n) is 9.26. The smallest absolute Gasteiger partial charge is 0.283 e. The van der Waals surface area contributed by atoms with Crippen molar-refractivity contribution in [1.29, 1.82) is 5.41 Å². The van der Waals surface area contributed by atoms with Gasteiger partial charge in [-0.1, -0.05) is 59.6 Å². The van der Waals surface area contributed by atoms with E-state index in [1.54, 1.807) is 18.2 Å². The van der Waals surface area contributed by atoms with Crippen LogP contribution in [0.2, 0.25) is 5.02 Å². The Labute approximate surface area is 235 Å². The summed E-state index contributed by atoms with van der Waals surface area (Å²) in [6.45, 7) is 5.11. The summed E-state index contributed by atoms with van der Waals surface area (Å²) in [7, 11) is 0. The number of ether oxygens (including phenoxy) is 1. The Morgan fingerprint density at radius 3 is 2.54 bits per heavy atom. The first-order valence-corrected chi connectivity index (χ1v) is 13.6. The highest BCUT2D eigenvalue weighted by Crippen LogP contribution is 2.33. The fraction of sp³-hybridized carbons (Fsp3) is 0.133. The molecule has 0 saturated heterocycles. The van der Waals surface area contributed by atoms with Crippen LogP contribution in [-0.4, -0.2) is 38.1 Å². The summed E-state index contributed by atoms with van der Waals surface area (Å²) in [6, 6.07) is 23.3. The minimum atomic E-state index is -0.443. The van der Waals surface area contributed by atoms with E-state index in [1.807, 2.05) is 74.5 Å². The zero-order valence-corrected chi connectivity index (χ0v) is 22.9. The number of halogens is 1. The van der Waals surface area contributed by atoms with Crippen molar-refractivity contribution in [2.75, 3.05) is 6.61 Å². The summed E-state index contributed by atoms with van der Waals surface area (Å²) in [5.74, 6) is 0.322. The van der Waals surface area contributed by atoms with E-state index in [0.29, 0.717) is 28.4 Å². The molecule has 4 aromatic rings. The van der Waals surface area contributed by atoms with Crippen LogP contribution >= 0.6 is 23.4 Å². The predicted molar refractivity (Wildman–Crippen MR) is 159 cm³/mol. The summed E-state index contributed by atoms with van der Waals surface area (Å²) in [5, 5.41) is 17.7. The number of para-hydroxylation sites is 1. The molecule has 0 fully saturated rings. The number of aryl methyl sites for hydroxylation is 1. The SMILES string of the molecule is Cc1ccc(C2=NN3C(=N)/C(=C/c4c(C)n(CCOc5ccc(Cl)cc5)c5ccccc45)C(=O)N=C3S2)cc1. The lowest BCUT2D eigenvalue weighted by molar-refractivity contribution is -0.114. The molecule has 194 valence electrons. The molecule has 0 radical (unpaired) electrons. The number of hydrogen-bond donors (Lipinski definition) is 1. The van der Waals surface area contributed by atoms with Gasteiger partial charge in [0.15, 0.2) is 5.84 Å². The van der Waals surface area contributed by atoms with Crippen LogP contribution in [0.15, 0.2) is 88.5 Å². The maximum absolute atomic E-state index is 13.1. The number of hydrogen-bond acceptors (Lipinski definition) is 5. The third kappa shape index (κ3) is 4.77. The van der Waals surface area contributed by atoms with E-state index in [0.717, 1.165) is 39.0 Å². The molecule has 6 rings (SSSR count). The number of thioether (sulfide) groups is 1. The number of benzene rings is 3. The van der Waals surface area contributed by atoms with E-state index in [1.165, 1.54) is 16.8 Å². The fourth-order valence-corrected chi connectivity index (χ4v) is 5.69. The van der Waals surface area contributed by atoms with Gasteiger partial charge >= 0.3 is 0 Å². The second kappa shape index (κ2) is 10.2. The predicted octanol–water partition coefficient (Wildman–Crippen LogP) is 6.66. The van der Waals surface area contributed by atoms with E-state index >= 15 is 0 Å². The summed E-state index contributed by atoms with van der Waals surface area (Å²) in [5.41, 5.74) is 5.15. The molecule has 1 amide bonds. The number of fused-ring (bicyclic) bond motifs is 2. The van der Waals surface area contributed by atoms with Crippen molar-refractivity contribution in [3.8, 4) is 5.75 Å². The molecular formula is C30H24ClN5O2S. The number of amides is 1. The first-order chi connectivity index (χ1) is 18.9.